The first-order valence-electron chi connectivity index (χ1n) is 10.0. The van der Waals surface area contributed by atoms with E-state index in [1.807, 2.05) is 0 Å². The highest BCUT2D eigenvalue weighted by Gasteiger charge is 1.99. The molecule has 0 spiro atoms. The third-order valence-corrected chi connectivity index (χ3v) is 4.16. The second-order valence-corrected chi connectivity index (χ2v) is 6.54. The van der Waals surface area contributed by atoms with E-state index in [0.717, 1.165) is 12.8 Å². The van der Waals surface area contributed by atoms with Crippen molar-refractivity contribution in [3.63, 3.8) is 0 Å². The molecule has 1 radical (unpaired) electrons. The van der Waals surface area contributed by atoms with Gasteiger partial charge in [0.15, 0.2) is 0 Å². The Morgan fingerprint density at radius 1 is 0.826 bits per heavy atom. The maximum atomic E-state index is 11.4. The molecule has 1 amide bonds. The Morgan fingerprint density at radius 3 is 1.91 bits per heavy atom. The highest BCUT2D eigenvalue weighted by Crippen LogP contribution is 2.09. The molecule has 0 unspecified atom stereocenters. The van der Waals surface area contributed by atoms with Crippen molar-refractivity contribution < 1.29 is 4.79 Å². The fourth-order valence-electron chi connectivity index (χ4n) is 2.67. The zero-order valence-corrected chi connectivity index (χ0v) is 15.6. The summed E-state index contributed by atoms with van der Waals surface area (Å²) in [5.41, 5.74) is 0. The first-order chi connectivity index (χ1) is 11.3. The molecular weight excluding hydrogens is 282 g/mol. The average Bonchev–Trinajstić information content (AvgIpc) is 2.56. The Bertz CT molecular complexity index is 273. The van der Waals surface area contributed by atoms with Crippen molar-refractivity contribution in [3.8, 4) is 0 Å². The van der Waals surface area contributed by atoms with Gasteiger partial charge in [0.2, 0.25) is 5.91 Å². The number of hydrogen-bond donors (Lipinski definition) is 1. The summed E-state index contributed by atoms with van der Waals surface area (Å²) in [6.45, 7) is 6.69. The summed E-state index contributed by atoms with van der Waals surface area (Å²) < 4.78 is 0. The lowest BCUT2D eigenvalue weighted by molar-refractivity contribution is -0.121. The molecule has 0 fully saturated rings. The molecule has 23 heavy (non-hydrogen) atoms. The molecule has 0 aliphatic carbocycles. The van der Waals surface area contributed by atoms with Gasteiger partial charge in [-0.1, -0.05) is 77.4 Å². The Kier molecular flexibility index (Phi) is 18.6. The summed E-state index contributed by atoms with van der Waals surface area (Å²) in [7, 11) is 0. The lowest BCUT2D eigenvalue weighted by Crippen LogP contribution is -2.23. The van der Waals surface area contributed by atoms with Crippen LogP contribution in [0, 0.1) is 6.92 Å². The second kappa shape index (κ2) is 19.3. The highest BCUT2D eigenvalue weighted by molar-refractivity contribution is 5.75. The summed E-state index contributed by atoms with van der Waals surface area (Å²) in [6.07, 6.45) is 23.0. The number of unbranched alkanes of at least 4 members (excludes halogenated alkanes) is 11. The van der Waals surface area contributed by atoms with Gasteiger partial charge in [0.25, 0.3) is 0 Å². The monoisotopic (exact) mass is 322 g/mol. The molecule has 0 atom stereocenters. The van der Waals surface area contributed by atoms with Gasteiger partial charge in [0.1, 0.15) is 0 Å². The number of carbonyl (C=O) groups is 1. The molecule has 0 aliphatic rings. The van der Waals surface area contributed by atoms with Crippen molar-refractivity contribution in [2.75, 3.05) is 6.54 Å². The zero-order valence-electron chi connectivity index (χ0n) is 15.6. The van der Waals surface area contributed by atoms with Crippen LogP contribution in [0.4, 0.5) is 0 Å². The first-order valence-corrected chi connectivity index (χ1v) is 10.0. The molecule has 0 heterocycles. The summed E-state index contributed by atoms with van der Waals surface area (Å²) in [4.78, 5) is 11.4. The van der Waals surface area contributed by atoms with E-state index < -0.39 is 0 Å². The van der Waals surface area contributed by atoms with Crippen LogP contribution in [0.2, 0.25) is 0 Å². The highest BCUT2D eigenvalue weighted by atomic mass is 16.1. The van der Waals surface area contributed by atoms with Gasteiger partial charge in [0.05, 0.1) is 0 Å². The number of carbonyl (C=O) groups excluding carboxylic acids is 1. The fourth-order valence-corrected chi connectivity index (χ4v) is 2.67. The van der Waals surface area contributed by atoms with Crippen LogP contribution >= 0.6 is 0 Å². The molecule has 0 aliphatic heterocycles. The second-order valence-electron chi connectivity index (χ2n) is 6.54. The molecule has 0 bridgehead atoms. The van der Waals surface area contributed by atoms with Crippen LogP contribution in [-0.4, -0.2) is 12.5 Å². The molecule has 0 aromatic rings. The van der Waals surface area contributed by atoms with Gasteiger partial charge in [-0.3, -0.25) is 4.79 Å². The number of hydrogen-bond acceptors (Lipinski definition) is 1. The molecule has 0 saturated heterocycles. The van der Waals surface area contributed by atoms with Crippen molar-refractivity contribution in [1.29, 1.82) is 0 Å². The van der Waals surface area contributed by atoms with E-state index in [2.05, 4.69) is 31.3 Å². The van der Waals surface area contributed by atoms with E-state index in [1.165, 1.54) is 77.0 Å². The Labute approximate surface area is 145 Å². The van der Waals surface area contributed by atoms with Gasteiger partial charge in [-0.25, -0.2) is 0 Å². The maximum Gasteiger partial charge on any atom is 0.219 e. The van der Waals surface area contributed by atoms with Crippen LogP contribution in [0.25, 0.3) is 0 Å². The van der Waals surface area contributed by atoms with Gasteiger partial charge < -0.3 is 5.32 Å². The summed E-state index contributed by atoms with van der Waals surface area (Å²) in [6, 6.07) is 0. The van der Waals surface area contributed by atoms with E-state index >= 15 is 0 Å². The molecular formula is C21H40NO. The van der Waals surface area contributed by atoms with Crippen LogP contribution in [0.1, 0.15) is 103 Å². The van der Waals surface area contributed by atoms with Crippen LogP contribution in [0.5, 0.6) is 0 Å². The quantitative estimate of drug-likeness (QED) is 0.245. The van der Waals surface area contributed by atoms with Gasteiger partial charge in [0, 0.05) is 13.0 Å². The third kappa shape index (κ3) is 19.2. The lowest BCUT2D eigenvalue weighted by Gasteiger charge is -2.03. The van der Waals surface area contributed by atoms with Crippen LogP contribution in [-0.2, 0) is 4.79 Å². The van der Waals surface area contributed by atoms with Crippen LogP contribution in [0.15, 0.2) is 12.2 Å². The summed E-state index contributed by atoms with van der Waals surface area (Å²) >= 11 is 0. The Morgan fingerprint density at radius 2 is 1.35 bits per heavy atom. The van der Waals surface area contributed by atoms with E-state index in [-0.39, 0.29) is 5.91 Å². The third-order valence-electron chi connectivity index (χ3n) is 4.16. The normalized spacial score (nSPS) is 11.2. The van der Waals surface area contributed by atoms with Crippen molar-refractivity contribution in [1.82, 2.24) is 5.32 Å². The molecule has 2 heteroatoms. The molecule has 135 valence electrons. The topological polar surface area (TPSA) is 29.1 Å². The predicted octanol–water partition coefficient (Wildman–Crippen LogP) is 6.36. The van der Waals surface area contributed by atoms with Crippen molar-refractivity contribution in [3.05, 3.63) is 19.1 Å². The largest absolute Gasteiger partial charge is 0.356 e. The van der Waals surface area contributed by atoms with E-state index in [1.54, 1.807) is 0 Å². The van der Waals surface area contributed by atoms with Crippen LogP contribution in [0.3, 0.4) is 0 Å². The van der Waals surface area contributed by atoms with Crippen LogP contribution < -0.4 is 5.32 Å². The molecule has 1 N–H and O–H groups in total. The molecule has 0 aromatic heterocycles. The van der Waals surface area contributed by atoms with Gasteiger partial charge >= 0.3 is 0 Å². The Hall–Kier alpha value is -0.790. The smallest absolute Gasteiger partial charge is 0.219 e. The predicted molar refractivity (Wildman–Crippen MR) is 102 cm³/mol. The van der Waals surface area contributed by atoms with Gasteiger partial charge in [-0.05, 0) is 38.5 Å². The number of rotatable bonds is 17. The number of allylic oxidation sites excluding steroid dienone is 2. The van der Waals surface area contributed by atoms with Gasteiger partial charge in [-0.2, -0.15) is 0 Å². The minimum atomic E-state index is 0.186. The summed E-state index contributed by atoms with van der Waals surface area (Å²) in [5.74, 6) is 0.186. The van der Waals surface area contributed by atoms with Crippen molar-refractivity contribution in [2.24, 2.45) is 0 Å². The lowest BCUT2D eigenvalue weighted by atomic mass is 10.1. The average molecular weight is 323 g/mol. The van der Waals surface area contributed by atoms with Crippen molar-refractivity contribution >= 4 is 5.91 Å². The van der Waals surface area contributed by atoms with E-state index in [0.29, 0.717) is 13.0 Å². The zero-order chi connectivity index (χ0) is 17.0. The Balaban J connectivity index is 3.14. The number of nitrogens with one attached hydrogen (secondary N) is 1. The SMILES string of the molecule is [CH2]CCNC(=O)CCCCCCC/C=C\CCCCCCCC. The fraction of sp³-hybridized carbons (Fsp3) is 0.810. The van der Waals surface area contributed by atoms with Crippen molar-refractivity contribution in [2.45, 2.75) is 103 Å². The molecule has 0 aromatic carbocycles. The number of amides is 1. The first kappa shape index (κ1) is 22.2. The summed E-state index contributed by atoms with van der Waals surface area (Å²) in [5, 5.41) is 2.87. The maximum absolute atomic E-state index is 11.4. The minimum absolute atomic E-state index is 0.186. The standard InChI is InChI=1S/C21H40NO/c1-3-5-6-7-8-9-10-11-12-13-14-15-16-17-18-19-21(23)22-20-4-2/h11-12H,2-10,13-20H2,1H3,(H,22,23)/b12-11-. The van der Waals surface area contributed by atoms with E-state index in [4.69, 9.17) is 0 Å². The molecule has 0 saturated carbocycles. The molecule has 2 nitrogen and oxygen atoms in total. The minimum Gasteiger partial charge on any atom is -0.356 e. The van der Waals surface area contributed by atoms with Gasteiger partial charge in [-0.15, -0.1) is 0 Å². The van der Waals surface area contributed by atoms with E-state index in [9.17, 15) is 4.79 Å². The molecule has 0 rings (SSSR count).